The van der Waals surface area contributed by atoms with Crippen molar-refractivity contribution in [2.24, 2.45) is 5.92 Å². The normalized spacial score (nSPS) is 14.1. The fourth-order valence-electron chi connectivity index (χ4n) is 3.25. The van der Waals surface area contributed by atoms with Crippen LogP contribution in [0.4, 0.5) is 0 Å². The molecule has 0 saturated heterocycles. The second-order valence-corrected chi connectivity index (χ2v) is 6.77. The summed E-state index contributed by atoms with van der Waals surface area (Å²) in [5.74, 6) is 0.433. The molecular weight excluding hydrogens is 312 g/mol. The van der Waals surface area contributed by atoms with Crippen molar-refractivity contribution in [3.8, 4) is 0 Å². The Hall–Kier alpha value is -1.09. The maximum absolute atomic E-state index is 11.4. The van der Waals surface area contributed by atoms with Gasteiger partial charge in [0.05, 0.1) is 12.2 Å². The van der Waals surface area contributed by atoms with E-state index in [0.29, 0.717) is 12.5 Å². The zero-order chi connectivity index (χ0) is 19.1. The van der Waals surface area contributed by atoms with E-state index in [0.717, 1.165) is 37.9 Å². The number of hydrogen-bond acceptors (Lipinski definition) is 3. The molecular formula is C22H40O3. The maximum Gasteiger partial charge on any atom is 0.330 e. The van der Waals surface area contributed by atoms with Crippen LogP contribution in [0.5, 0.6) is 0 Å². The summed E-state index contributed by atoms with van der Waals surface area (Å²) < 4.78 is 11.0. The van der Waals surface area contributed by atoms with E-state index in [1.165, 1.54) is 19.3 Å². The minimum atomic E-state index is -0.261. The van der Waals surface area contributed by atoms with Crippen LogP contribution >= 0.6 is 0 Å². The Balaban J connectivity index is 4.38. The average molecular weight is 353 g/mol. The molecule has 0 radical (unpaired) electrons. The summed E-state index contributed by atoms with van der Waals surface area (Å²) in [6.07, 6.45) is 13.8. The Kier molecular flexibility index (Phi) is 13.5. The minimum Gasteiger partial charge on any atom is -0.463 e. The SMILES string of the molecule is CCOC(=O)/C=C(C)/C=C/CC(CC)CCCC(CC)(CC)OCC. The first-order valence-corrected chi connectivity index (χ1v) is 10.1. The number of allylic oxidation sites excluding steroid dienone is 3. The Morgan fingerprint density at radius 1 is 1.08 bits per heavy atom. The summed E-state index contributed by atoms with van der Waals surface area (Å²) in [5, 5.41) is 0. The predicted molar refractivity (Wildman–Crippen MR) is 107 cm³/mol. The van der Waals surface area contributed by atoms with Crippen molar-refractivity contribution in [2.75, 3.05) is 13.2 Å². The van der Waals surface area contributed by atoms with Crippen LogP contribution in [0.1, 0.15) is 86.5 Å². The molecule has 0 saturated carbocycles. The molecule has 0 aliphatic rings. The summed E-state index contributed by atoms with van der Waals surface area (Å²) in [5.41, 5.74) is 1.02. The van der Waals surface area contributed by atoms with E-state index in [2.05, 4.69) is 33.8 Å². The third kappa shape index (κ3) is 10.5. The third-order valence-corrected chi connectivity index (χ3v) is 5.04. The minimum absolute atomic E-state index is 0.0713. The number of hydrogen-bond donors (Lipinski definition) is 0. The van der Waals surface area contributed by atoms with Crippen molar-refractivity contribution in [2.45, 2.75) is 92.1 Å². The van der Waals surface area contributed by atoms with Crippen LogP contribution in [0.25, 0.3) is 0 Å². The third-order valence-electron chi connectivity index (χ3n) is 5.04. The van der Waals surface area contributed by atoms with Gasteiger partial charge in [0.15, 0.2) is 0 Å². The van der Waals surface area contributed by atoms with Gasteiger partial charge < -0.3 is 9.47 Å². The van der Waals surface area contributed by atoms with Gasteiger partial charge in [0, 0.05) is 12.7 Å². The first-order valence-electron chi connectivity index (χ1n) is 10.1. The highest BCUT2D eigenvalue weighted by molar-refractivity contribution is 5.83. The van der Waals surface area contributed by atoms with E-state index in [-0.39, 0.29) is 11.6 Å². The van der Waals surface area contributed by atoms with Gasteiger partial charge in [-0.2, -0.15) is 0 Å². The van der Waals surface area contributed by atoms with Crippen molar-refractivity contribution >= 4 is 5.97 Å². The highest BCUT2D eigenvalue weighted by atomic mass is 16.5. The molecule has 0 aromatic carbocycles. The maximum atomic E-state index is 11.4. The molecule has 0 N–H and O–H groups in total. The topological polar surface area (TPSA) is 35.5 Å². The molecule has 0 fully saturated rings. The Labute approximate surface area is 155 Å². The van der Waals surface area contributed by atoms with Crippen LogP contribution in [0, 0.1) is 5.92 Å². The summed E-state index contributed by atoms with van der Waals surface area (Å²) in [7, 11) is 0. The molecule has 0 amide bonds. The number of carbonyl (C=O) groups excluding carboxylic acids is 1. The van der Waals surface area contributed by atoms with Gasteiger partial charge in [-0.15, -0.1) is 0 Å². The molecule has 3 nitrogen and oxygen atoms in total. The molecule has 0 rings (SSSR count). The molecule has 1 unspecified atom stereocenters. The predicted octanol–water partition coefficient (Wildman–Crippen LogP) is 6.23. The van der Waals surface area contributed by atoms with E-state index < -0.39 is 0 Å². The van der Waals surface area contributed by atoms with E-state index in [1.54, 1.807) is 6.08 Å². The lowest BCUT2D eigenvalue weighted by molar-refractivity contribution is -0.137. The van der Waals surface area contributed by atoms with Gasteiger partial charge in [0.2, 0.25) is 0 Å². The highest BCUT2D eigenvalue weighted by Gasteiger charge is 2.25. The summed E-state index contributed by atoms with van der Waals surface area (Å²) in [6.45, 7) is 13.8. The summed E-state index contributed by atoms with van der Waals surface area (Å²) in [4.78, 5) is 11.4. The van der Waals surface area contributed by atoms with Crippen molar-refractivity contribution in [3.05, 3.63) is 23.8 Å². The molecule has 0 bridgehead atoms. The van der Waals surface area contributed by atoms with E-state index in [1.807, 2.05) is 19.9 Å². The largest absolute Gasteiger partial charge is 0.463 e. The van der Waals surface area contributed by atoms with Gasteiger partial charge in [0.1, 0.15) is 0 Å². The summed E-state index contributed by atoms with van der Waals surface area (Å²) >= 11 is 0. The lowest BCUT2D eigenvalue weighted by Crippen LogP contribution is -2.31. The van der Waals surface area contributed by atoms with E-state index in [9.17, 15) is 4.79 Å². The zero-order valence-corrected chi connectivity index (χ0v) is 17.4. The average Bonchev–Trinajstić information content (AvgIpc) is 2.59. The number of esters is 1. The molecule has 0 aromatic heterocycles. The number of rotatable bonds is 14. The molecule has 0 heterocycles. The van der Waals surface area contributed by atoms with Crippen LogP contribution in [0.2, 0.25) is 0 Å². The van der Waals surface area contributed by atoms with Crippen molar-refractivity contribution in [3.63, 3.8) is 0 Å². The van der Waals surface area contributed by atoms with Gasteiger partial charge in [-0.1, -0.05) is 52.2 Å². The highest BCUT2D eigenvalue weighted by Crippen LogP contribution is 2.29. The van der Waals surface area contributed by atoms with Crippen LogP contribution in [-0.2, 0) is 14.3 Å². The van der Waals surface area contributed by atoms with Crippen LogP contribution in [0.3, 0.4) is 0 Å². The summed E-state index contributed by atoms with van der Waals surface area (Å²) in [6, 6.07) is 0. The molecule has 1 atom stereocenters. The fraction of sp³-hybridized carbons (Fsp3) is 0.773. The van der Waals surface area contributed by atoms with Gasteiger partial charge in [-0.25, -0.2) is 4.79 Å². The first-order chi connectivity index (χ1) is 12.0. The van der Waals surface area contributed by atoms with E-state index in [4.69, 9.17) is 9.47 Å². The molecule has 25 heavy (non-hydrogen) atoms. The second-order valence-electron chi connectivity index (χ2n) is 6.77. The van der Waals surface area contributed by atoms with Crippen LogP contribution < -0.4 is 0 Å². The van der Waals surface area contributed by atoms with Crippen LogP contribution in [-0.4, -0.2) is 24.8 Å². The lowest BCUT2D eigenvalue weighted by atomic mass is 9.87. The molecule has 3 heteroatoms. The van der Waals surface area contributed by atoms with Crippen molar-refractivity contribution in [1.29, 1.82) is 0 Å². The van der Waals surface area contributed by atoms with Gasteiger partial charge in [-0.3, -0.25) is 0 Å². The molecule has 0 spiro atoms. The quantitative estimate of drug-likeness (QED) is 0.211. The second kappa shape index (κ2) is 14.1. The monoisotopic (exact) mass is 352 g/mol. The first kappa shape index (κ1) is 23.9. The van der Waals surface area contributed by atoms with Crippen molar-refractivity contribution in [1.82, 2.24) is 0 Å². The number of ether oxygens (including phenoxy) is 2. The Morgan fingerprint density at radius 3 is 2.28 bits per heavy atom. The lowest BCUT2D eigenvalue weighted by Gasteiger charge is -2.32. The molecule has 0 aliphatic heterocycles. The van der Waals surface area contributed by atoms with Gasteiger partial charge in [0.25, 0.3) is 0 Å². The zero-order valence-electron chi connectivity index (χ0n) is 17.4. The van der Waals surface area contributed by atoms with Crippen LogP contribution in [0.15, 0.2) is 23.8 Å². The Bertz CT molecular complexity index is 405. The standard InChI is InChI=1S/C22H40O3/c1-7-20(15-12-14-19(6)18-21(23)24-10-4)16-13-17-22(8-2,9-3)25-11-5/h12,14,18,20H,7-11,13,15-17H2,1-6H3/b14-12+,19-18+. The smallest absolute Gasteiger partial charge is 0.330 e. The molecule has 0 aliphatic carbocycles. The fourth-order valence-corrected chi connectivity index (χ4v) is 3.25. The molecule has 0 aromatic rings. The van der Waals surface area contributed by atoms with Gasteiger partial charge in [-0.05, 0) is 57.9 Å². The Morgan fingerprint density at radius 2 is 1.76 bits per heavy atom. The van der Waals surface area contributed by atoms with Crippen molar-refractivity contribution < 1.29 is 14.3 Å². The van der Waals surface area contributed by atoms with Gasteiger partial charge >= 0.3 is 5.97 Å². The molecule has 146 valence electrons. The number of carbonyl (C=O) groups is 1. The van der Waals surface area contributed by atoms with E-state index >= 15 is 0 Å².